The molecule has 0 fully saturated rings. The Labute approximate surface area is 114 Å². The largest absolute Gasteiger partial charge is 0.271 e. The summed E-state index contributed by atoms with van der Waals surface area (Å²) in [6.07, 6.45) is 5.52. The first kappa shape index (κ1) is 13.6. The van der Waals surface area contributed by atoms with Gasteiger partial charge in [-0.05, 0) is 42.7 Å². The molecule has 0 bridgehead atoms. The van der Waals surface area contributed by atoms with Crippen LogP contribution in [-0.4, -0.2) is 9.97 Å². The van der Waals surface area contributed by atoms with Crippen molar-refractivity contribution in [1.82, 2.24) is 15.4 Å². The van der Waals surface area contributed by atoms with Crippen molar-refractivity contribution in [2.75, 3.05) is 0 Å². The Morgan fingerprint density at radius 2 is 2.11 bits per heavy atom. The zero-order valence-corrected chi connectivity index (χ0v) is 11.4. The van der Waals surface area contributed by atoms with Gasteiger partial charge in [-0.25, -0.2) is 0 Å². The van der Waals surface area contributed by atoms with E-state index in [1.165, 1.54) is 5.56 Å². The highest BCUT2D eigenvalue weighted by Gasteiger charge is 2.11. The predicted molar refractivity (Wildman–Crippen MR) is 76.4 cm³/mol. The first-order chi connectivity index (χ1) is 9.22. The fourth-order valence-electron chi connectivity index (χ4n) is 2.05. The zero-order chi connectivity index (χ0) is 13.7. The second-order valence-corrected chi connectivity index (χ2v) is 4.67. The van der Waals surface area contributed by atoms with E-state index in [0.717, 1.165) is 29.8 Å². The van der Waals surface area contributed by atoms with Crippen molar-refractivity contribution in [3.63, 3.8) is 0 Å². The highest BCUT2D eigenvalue weighted by Crippen LogP contribution is 2.17. The Kier molecular flexibility index (Phi) is 4.60. The second kappa shape index (κ2) is 6.41. The molecule has 2 aromatic heterocycles. The van der Waals surface area contributed by atoms with Gasteiger partial charge in [0, 0.05) is 30.2 Å². The van der Waals surface area contributed by atoms with Gasteiger partial charge >= 0.3 is 0 Å². The van der Waals surface area contributed by atoms with E-state index in [9.17, 15) is 0 Å². The van der Waals surface area contributed by atoms with Crippen LogP contribution in [0.15, 0.2) is 36.7 Å². The summed E-state index contributed by atoms with van der Waals surface area (Å²) < 4.78 is 0. The maximum absolute atomic E-state index is 5.66. The molecular formula is C15H20N4. The number of aryl methyl sites for hydroxylation is 2. The maximum Gasteiger partial charge on any atom is 0.0516 e. The second-order valence-electron chi connectivity index (χ2n) is 4.67. The molecule has 2 heterocycles. The minimum atomic E-state index is 0.0571. The molecular weight excluding hydrogens is 236 g/mol. The lowest BCUT2D eigenvalue weighted by Gasteiger charge is -2.16. The van der Waals surface area contributed by atoms with Gasteiger partial charge < -0.3 is 0 Å². The molecule has 4 nitrogen and oxygen atoms in total. The van der Waals surface area contributed by atoms with E-state index in [4.69, 9.17) is 5.84 Å². The van der Waals surface area contributed by atoms with Crippen LogP contribution in [-0.2, 0) is 12.8 Å². The Morgan fingerprint density at radius 3 is 2.68 bits per heavy atom. The van der Waals surface area contributed by atoms with E-state index < -0.39 is 0 Å². The molecule has 3 N–H and O–H groups in total. The summed E-state index contributed by atoms with van der Waals surface area (Å²) in [5.74, 6) is 5.66. The number of hydrogen-bond acceptors (Lipinski definition) is 4. The van der Waals surface area contributed by atoms with E-state index in [-0.39, 0.29) is 6.04 Å². The fourth-order valence-corrected chi connectivity index (χ4v) is 2.05. The third kappa shape index (κ3) is 3.59. The van der Waals surface area contributed by atoms with Gasteiger partial charge in [0.05, 0.1) is 6.04 Å². The highest BCUT2D eigenvalue weighted by atomic mass is 15.2. The monoisotopic (exact) mass is 256 g/mol. The van der Waals surface area contributed by atoms with Gasteiger partial charge in [-0.1, -0.05) is 13.0 Å². The molecule has 100 valence electrons. The molecule has 0 radical (unpaired) electrons. The summed E-state index contributed by atoms with van der Waals surface area (Å²) >= 11 is 0. The molecule has 0 saturated heterocycles. The number of rotatable bonds is 5. The van der Waals surface area contributed by atoms with E-state index in [0.29, 0.717) is 0 Å². The summed E-state index contributed by atoms with van der Waals surface area (Å²) in [6.45, 7) is 4.10. The molecule has 0 aliphatic carbocycles. The number of aromatic nitrogens is 2. The Balaban J connectivity index is 2.14. The average molecular weight is 256 g/mol. The van der Waals surface area contributed by atoms with E-state index in [1.54, 1.807) is 0 Å². The maximum atomic E-state index is 5.66. The molecule has 1 atom stereocenters. The van der Waals surface area contributed by atoms with Crippen LogP contribution in [0.25, 0.3) is 0 Å². The van der Waals surface area contributed by atoms with Crippen molar-refractivity contribution < 1.29 is 0 Å². The zero-order valence-electron chi connectivity index (χ0n) is 11.4. The van der Waals surface area contributed by atoms with E-state index in [2.05, 4.69) is 34.5 Å². The lowest BCUT2D eigenvalue weighted by atomic mass is 10.0. The van der Waals surface area contributed by atoms with Gasteiger partial charge in [-0.3, -0.25) is 21.2 Å². The normalized spacial score (nSPS) is 12.4. The molecule has 2 aromatic rings. The molecule has 4 heteroatoms. The molecule has 0 saturated carbocycles. The van der Waals surface area contributed by atoms with Crippen molar-refractivity contribution in [3.05, 3.63) is 59.2 Å². The third-order valence-corrected chi connectivity index (χ3v) is 3.23. The summed E-state index contributed by atoms with van der Waals surface area (Å²) in [5.41, 5.74) is 7.27. The first-order valence-electron chi connectivity index (χ1n) is 6.55. The summed E-state index contributed by atoms with van der Waals surface area (Å²) in [5, 5.41) is 0. The highest BCUT2D eigenvalue weighted by molar-refractivity contribution is 5.22. The van der Waals surface area contributed by atoms with Crippen molar-refractivity contribution in [2.45, 2.75) is 32.7 Å². The van der Waals surface area contributed by atoms with E-state index >= 15 is 0 Å². The molecule has 2 rings (SSSR count). The van der Waals surface area contributed by atoms with Gasteiger partial charge in [0.15, 0.2) is 0 Å². The van der Waals surface area contributed by atoms with Gasteiger partial charge in [0.25, 0.3) is 0 Å². The summed E-state index contributed by atoms with van der Waals surface area (Å²) in [6, 6.07) is 8.27. The lowest BCUT2D eigenvalue weighted by molar-refractivity contribution is 0.545. The molecule has 0 amide bonds. The quantitative estimate of drug-likeness (QED) is 0.635. The number of pyridine rings is 2. The number of hydrazine groups is 1. The minimum absolute atomic E-state index is 0.0571. The Hall–Kier alpha value is -1.78. The number of nitrogens with one attached hydrogen (secondary N) is 1. The third-order valence-electron chi connectivity index (χ3n) is 3.23. The van der Waals surface area contributed by atoms with Crippen LogP contribution in [0.4, 0.5) is 0 Å². The van der Waals surface area contributed by atoms with Crippen LogP contribution in [0.2, 0.25) is 0 Å². The Morgan fingerprint density at radius 1 is 1.26 bits per heavy atom. The Bertz CT molecular complexity index is 522. The SMILES string of the molecule is CCc1ccc(CC(NN)c2ccnc(C)c2)nc1. The number of nitrogens with two attached hydrogens (primary N) is 1. The smallest absolute Gasteiger partial charge is 0.0516 e. The van der Waals surface area contributed by atoms with Crippen LogP contribution in [0.3, 0.4) is 0 Å². The van der Waals surface area contributed by atoms with Crippen molar-refractivity contribution in [1.29, 1.82) is 0 Å². The van der Waals surface area contributed by atoms with Gasteiger partial charge in [0.2, 0.25) is 0 Å². The van der Waals surface area contributed by atoms with Gasteiger partial charge in [-0.2, -0.15) is 0 Å². The van der Waals surface area contributed by atoms with Gasteiger partial charge in [-0.15, -0.1) is 0 Å². The summed E-state index contributed by atoms with van der Waals surface area (Å²) in [4.78, 5) is 8.68. The van der Waals surface area contributed by atoms with Crippen LogP contribution in [0.5, 0.6) is 0 Å². The molecule has 0 aromatic carbocycles. The summed E-state index contributed by atoms with van der Waals surface area (Å²) in [7, 11) is 0. The molecule has 0 aliphatic rings. The van der Waals surface area contributed by atoms with Crippen molar-refractivity contribution in [2.24, 2.45) is 5.84 Å². The van der Waals surface area contributed by atoms with Crippen LogP contribution >= 0.6 is 0 Å². The molecule has 0 aliphatic heterocycles. The number of nitrogens with zero attached hydrogens (tertiary/aromatic N) is 2. The van der Waals surface area contributed by atoms with Crippen LogP contribution in [0.1, 0.15) is 35.5 Å². The number of hydrogen-bond donors (Lipinski definition) is 2. The predicted octanol–water partition coefficient (Wildman–Crippen LogP) is 2.09. The molecule has 19 heavy (non-hydrogen) atoms. The van der Waals surface area contributed by atoms with Crippen molar-refractivity contribution >= 4 is 0 Å². The lowest BCUT2D eigenvalue weighted by Crippen LogP contribution is -2.29. The fraction of sp³-hybridized carbons (Fsp3) is 0.333. The average Bonchev–Trinajstić information content (AvgIpc) is 2.45. The standard InChI is InChI=1S/C15H20N4/c1-3-12-4-5-14(18-10-12)9-15(19-16)13-6-7-17-11(2)8-13/h4-8,10,15,19H,3,9,16H2,1-2H3. The van der Waals surface area contributed by atoms with Gasteiger partial charge in [0.1, 0.15) is 0 Å². The van der Waals surface area contributed by atoms with Crippen LogP contribution in [0, 0.1) is 6.92 Å². The van der Waals surface area contributed by atoms with E-state index in [1.807, 2.05) is 31.5 Å². The van der Waals surface area contributed by atoms with Crippen molar-refractivity contribution in [3.8, 4) is 0 Å². The topological polar surface area (TPSA) is 63.8 Å². The molecule has 0 spiro atoms. The molecule has 1 unspecified atom stereocenters. The minimum Gasteiger partial charge on any atom is -0.271 e. The first-order valence-corrected chi connectivity index (χ1v) is 6.55. The van der Waals surface area contributed by atoms with Crippen LogP contribution < -0.4 is 11.3 Å².